The number of aryl methyl sites for hydroxylation is 2. The fourth-order valence-electron chi connectivity index (χ4n) is 4.00. The number of fused-ring (bicyclic) bond motifs is 1. The van der Waals surface area contributed by atoms with E-state index in [0.717, 1.165) is 43.3 Å². The van der Waals surface area contributed by atoms with E-state index in [-0.39, 0.29) is 6.42 Å². The first-order valence-electron chi connectivity index (χ1n) is 11.5. The summed E-state index contributed by atoms with van der Waals surface area (Å²) in [5.74, 6) is -0.827. The molecular weight excluding hydrogens is 454 g/mol. The van der Waals surface area contributed by atoms with Crippen LogP contribution in [0.5, 0.6) is 0 Å². The molecule has 0 aliphatic carbocycles. The van der Waals surface area contributed by atoms with E-state index in [4.69, 9.17) is 10.1 Å². The highest BCUT2D eigenvalue weighted by Gasteiger charge is 2.16. The molecule has 6 heteroatoms. The van der Waals surface area contributed by atoms with E-state index in [9.17, 15) is 9.90 Å². The van der Waals surface area contributed by atoms with E-state index in [1.807, 2.05) is 65.5 Å². The molecule has 0 radical (unpaired) electrons. The number of thiazole rings is 1. The molecule has 5 aromatic rings. The number of rotatable bonds is 7. The highest BCUT2D eigenvalue weighted by atomic mass is 32.1. The lowest BCUT2D eigenvalue weighted by Gasteiger charge is -2.06. The average molecular weight is 480 g/mol. The van der Waals surface area contributed by atoms with Crippen LogP contribution in [0.1, 0.15) is 34.5 Å². The molecule has 0 atom stereocenters. The van der Waals surface area contributed by atoms with E-state index in [1.54, 1.807) is 11.3 Å². The molecule has 35 heavy (non-hydrogen) atoms. The Morgan fingerprint density at radius 2 is 1.74 bits per heavy atom. The first-order valence-corrected chi connectivity index (χ1v) is 12.3. The molecule has 0 bridgehead atoms. The zero-order chi connectivity index (χ0) is 24.4. The summed E-state index contributed by atoms with van der Waals surface area (Å²) in [6.07, 6.45) is 4.48. The molecule has 0 spiro atoms. The van der Waals surface area contributed by atoms with Crippen LogP contribution in [-0.2, 0) is 4.79 Å². The third-order valence-electron chi connectivity index (χ3n) is 6.05. The Morgan fingerprint density at radius 3 is 2.49 bits per heavy atom. The Kier molecular flexibility index (Phi) is 6.29. The normalized spacial score (nSPS) is 11.8. The number of aliphatic carboxylic acids is 1. The largest absolute Gasteiger partial charge is 0.481 e. The molecule has 0 unspecified atom stereocenters. The summed E-state index contributed by atoms with van der Waals surface area (Å²) in [6, 6.07) is 24.3. The standard InChI is InChI=1S/C29H25N3O2S/c1-19-12-13-21(16-20(19)2)28-23(18-32(31-28)24-8-4-3-5-9-24)17-22(14-15-27(33)34)29-30-25-10-6-7-11-26(25)35-29/h3-13,16-18H,14-15H2,1-2H3,(H,33,34). The van der Waals surface area contributed by atoms with Crippen LogP contribution in [0.25, 0.3) is 38.8 Å². The molecule has 2 heterocycles. The highest BCUT2D eigenvalue weighted by Crippen LogP contribution is 2.34. The first kappa shape index (κ1) is 22.7. The number of allylic oxidation sites excluding steroid dienone is 1. The van der Waals surface area contributed by atoms with Crippen molar-refractivity contribution in [3.63, 3.8) is 0 Å². The maximum Gasteiger partial charge on any atom is 0.303 e. The van der Waals surface area contributed by atoms with Crippen LogP contribution in [0.2, 0.25) is 0 Å². The fraction of sp³-hybridized carbons (Fsp3) is 0.138. The van der Waals surface area contributed by atoms with Gasteiger partial charge >= 0.3 is 5.97 Å². The first-order chi connectivity index (χ1) is 17.0. The Balaban J connectivity index is 1.67. The number of carbonyl (C=O) groups is 1. The number of benzene rings is 3. The number of hydrogen-bond acceptors (Lipinski definition) is 4. The lowest BCUT2D eigenvalue weighted by atomic mass is 10.0. The van der Waals surface area contributed by atoms with E-state index in [2.05, 4.69) is 38.1 Å². The molecule has 1 N–H and O–H groups in total. The molecule has 0 fully saturated rings. The van der Waals surface area contributed by atoms with Crippen molar-refractivity contribution in [3.05, 3.63) is 101 Å². The number of hydrogen-bond donors (Lipinski definition) is 1. The lowest BCUT2D eigenvalue weighted by Crippen LogP contribution is -1.95. The van der Waals surface area contributed by atoms with Gasteiger partial charge in [-0.25, -0.2) is 9.67 Å². The third-order valence-corrected chi connectivity index (χ3v) is 7.16. The van der Waals surface area contributed by atoms with Gasteiger partial charge in [0.1, 0.15) is 5.01 Å². The van der Waals surface area contributed by atoms with Crippen molar-refractivity contribution in [1.82, 2.24) is 14.8 Å². The predicted octanol–water partition coefficient (Wildman–Crippen LogP) is 7.17. The summed E-state index contributed by atoms with van der Waals surface area (Å²) in [4.78, 5) is 16.3. The number of nitrogens with zero attached hydrogens (tertiary/aromatic N) is 3. The van der Waals surface area contributed by atoms with Crippen LogP contribution in [0.3, 0.4) is 0 Å². The minimum Gasteiger partial charge on any atom is -0.481 e. The van der Waals surface area contributed by atoms with Gasteiger partial charge in [-0.05, 0) is 73.4 Å². The molecular formula is C29H25N3O2S. The molecule has 0 saturated heterocycles. The molecule has 5 nitrogen and oxygen atoms in total. The SMILES string of the molecule is Cc1ccc(-c2nn(-c3ccccc3)cc2C=C(CCC(=O)O)c2nc3ccccc3s2)cc1C. The van der Waals surface area contributed by atoms with Crippen LogP contribution >= 0.6 is 11.3 Å². The topological polar surface area (TPSA) is 68.0 Å². The summed E-state index contributed by atoms with van der Waals surface area (Å²) >= 11 is 1.59. The van der Waals surface area contributed by atoms with Crippen molar-refractivity contribution in [3.8, 4) is 16.9 Å². The minimum atomic E-state index is -0.827. The number of carboxylic acids is 1. The maximum absolute atomic E-state index is 11.4. The van der Waals surface area contributed by atoms with Crippen LogP contribution in [0.4, 0.5) is 0 Å². The second-order valence-corrected chi connectivity index (χ2v) is 9.59. The predicted molar refractivity (Wildman–Crippen MR) is 143 cm³/mol. The van der Waals surface area contributed by atoms with Gasteiger partial charge in [0.05, 0.1) is 21.6 Å². The van der Waals surface area contributed by atoms with Gasteiger partial charge < -0.3 is 5.11 Å². The zero-order valence-electron chi connectivity index (χ0n) is 19.6. The summed E-state index contributed by atoms with van der Waals surface area (Å²) in [6.45, 7) is 4.20. The Morgan fingerprint density at radius 1 is 0.971 bits per heavy atom. The van der Waals surface area contributed by atoms with Crippen molar-refractivity contribution in [1.29, 1.82) is 0 Å². The van der Waals surface area contributed by atoms with Gasteiger partial charge in [0.15, 0.2) is 0 Å². The molecule has 0 saturated carbocycles. The fourth-order valence-corrected chi connectivity index (χ4v) is 5.01. The molecule has 5 rings (SSSR count). The second kappa shape index (κ2) is 9.68. The van der Waals surface area contributed by atoms with Crippen molar-refractivity contribution < 1.29 is 9.90 Å². The average Bonchev–Trinajstić information content (AvgIpc) is 3.48. The Bertz CT molecular complexity index is 1510. The van der Waals surface area contributed by atoms with Gasteiger partial charge in [-0.2, -0.15) is 5.10 Å². The molecule has 2 aromatic heterocycles. The molecule has 3 aromatic carbocycles. The smallest absolute Gasteiger partial charge is 0.303 e. The van der Waals surface area contributed by atoms with E-state index < -0.39 is 5.97 Å². The van der Waals surface area contributed by atoms with Crippen molar-refractivity contribution >= 4 is 39.2 Å². The van der Waals surface area contributed by atoms with Gasteiger partial charge in [0.25, 0.3) is 0 Å². The maximum atomic E-state index is 11.4. The molecule has 174 valence electrons. The minimum absolute atomic E-state index is 0.0353. The van der Waals surface area contributed by atoms with Gasteiger partial charge in [-0.15, -0.1) is 11.3 Å². The summed E-state index contributed by atoms with van der Waals surface area (Å²) < 4.78 is 2.96. The van der Waals surface area contributed by atoms with E-state index in [1.165, 1.54) is 11.1 Å². The molecule has 0 aliphatic rings. The number of para-hydroxylation sites is 2. The van der Waals surface area contributed by atoms with Gasteiger partial charge in [0, 0.05) is 23.7 Å². The highest BCUT2D eigenvalue weighted by molar-refractivity contribution is 7.19. The molecule has 0 aliphatic heterocycles. The van der Waals surface area contributed by atoms with Crippen LogP contribution in [0.15, 0.2) is 79.0 Å². The van der Waals surface area contributed by atoms with Gasteiger partial charge in [0.2, 0.25) is 0 Å². The number of carboxylic acid groups (broad SMARTS) is 1. The van der Waals surface area contributed by atoms with Crippen molar-refractivity contribution in [2.24, 2.45) is 0 Å². The lowest BCUT2D eigenvalue weighted by molar-refractivity contribution is -0.136. The molecule has 0 amide bonds. The van der Waals surface area contributed by atoms with E-state index in [0.29, 0.717) is 6.42 Å². The quantitative estimate of drug-likeness (QED) is 0.269. The van der Waals surface area contributed by atoms with Crippen LogP contribution < -0.4 is 0 Å². The van der Waals surface area contributed by atoms with Crippen molar-refractivity contribution in [2.75, 3.05) is 0 Å². The summed E-state index contributed by atoms with van der Waals surface area (Å²) in [5.41, 5.74) is 8.01. The summed E-state index contributed by atoms with van der Waals surface area (Å²) in [7, 11) is 0. The van der Waals surface area contributed by atoms with Gasteiger partial charge in [-0.3, -0.25) is 4.79 Å². The number of aromatic nitrogens is 3. The summed E-state index contributed by atoms with van der Waals surface area (Å²) in [5, 5.41) is 15.2. The van der Waals surface area contributed by atoms with Crippen LogP contribution in [0, 0.1) is 13.8 Å². The monoisotopic (exact) mass is 479 g/mol. The van der Waals surface area contributed by atoms with E-state index >= 15 is 0 Å². The zero-order valence-corrected chi connectivity index (χ0v) is 20.4. The second-order valence-electron chi connectivity index (χ2n) is 8.56. The third kappa shape index (κ3) is 4.93. The van der Waals surface area contributed by atoms with Gasteiger partial charge in [-0.1, -0.05) is 42.5 Å². The van der Waals surface area contributed by atoms with Crippen LogP contribution in [-0.4, -0.2) is 25.8 Å². The van der Waals surface area contributed by atoms with Crippen molar-refractivity contribution in [2.45, 2.75) is 26.7 Å². The Labute approximate surface area is 208 Å². The Hall–Kier alpha value is -4.03.